The Balaban J connectivity index is 0.721. The largest absolute Gasteiger partial charge is 0.462 e. The third-order valence-corrected chi connectivity index (χ3v) is 30.5. The molecule has 0 radical (unpaired) electrons. The van der Waals surface area contributed by atoms with Crippen LogP contribution in [0.1, 0.15) is 303 Å². The summed E-state index contributed by atoms with van der Waals surface area (Å²) in [4.78, 5) is 81.4. The van der Waals surface area contributed by atoms with Crippen molar-refractivity contribution in [3.8, 4) is 50.6 Å². The molecule has 7 atom stereocenters. The van der Waals surface area contributed by atoms with Gasteiger partial charge in [-0.15, -0.1) is 0 Å². The highest BCUT2D eigenvalue weighted by molar-refractivity contribution is 7.68. The second-order valence-electron chi connectivity index (χ2n) is 33.1. The van der Waals surface area contributed by atoms with Crippen LogP contribution < -0.4 is 29.5 Å². The van der Waals surface area contributed by atoms with Gasteiger partial charge in [-0.3, -0.25) is 42.5 Å². The molecule has 6 aromatic carbocycles. The van der Waals surface area contributed by atoms with Crippen molar-refractivity contribution in [3.05, 3.63) is 158 Å². The number of ether oxygens (including phenoxy) is 6. The highest BCUT2D eigenvalue weighted by atomic mass is 31.2. The molecule has 0 saturated heterocycles. The number of hydrogen-bond acceptors (Lipinski definition) is 18. The number of fused-ring (bicyclic) bond motifs is 9. The SMILES string of the molecule is CCCCCCC=CCCCCCCCC(=O)OC(COC(=O)CCCCCCCC(CCCCCCCCC)OC(=O)CCP1(=O)Oc2ccccc2-c2ccccc21)COC(=O)CCCCCCCC(CCCC(CCCCC)OC(=O)CCP1(=O)Oc2ccccc2-c2ccccc21)OC(=O)CCP1(=O)Oc2ccccc2-c2ccccc21. The summed E-state index contributed by atoms with van der Waals surface area (Å²) in [5, 5.41) is 1.80. The zero-order chi connectivity index (χ0) is 85.6. The molecule has 7 unspecified atom stereocenters. The summed E-state index contributed by atoms with van der Waals surface area (Å²) in [7, 11) is -10.4. The Hall–Kier alpha value is -8.03. The molecule has 660 valence electrons. The predicted octanol–water partition coefficient (Wildman–Crippen LogP) is 25.5. The molecule has 0 spiro atoms. The zero-order valence-corrected chi connectivity index (χ0v) is 75.3. The van der Waals surface area contributed by atoms with Gasteiger partial charge < -0.3 is 42.0 Å². The van der Waals surface area contributed by atoms with E-state index in [2.05, 4.69) is 32.9 Å². The molecule has 0 fully saturated rings. The zero-order valence-electron chi connectivity index (χ0n) is 72.7. The van der Waals surface area contributed by atoms with Gasteiger partial charge >= 0.3 is 35.8 Å². The van der Waals surface area contributed by atoms with Crippen LogP contribution in [0, 0.1) is 0 Å². The lowest BCUT2D eigenvalue weighted by Crippen LogP contribution is -2.30. The van der Waals surface area contributed by atoms with E-state index in [9.17, 15) is 42.5 Å². The number of hydrogen-bond donors (Lipinski definition) is 0. The maximum Gasteiger partial charge on any atom is 0.306 e. The van der Waals surface area contributed by atoms with Crippen molar-refractivity contribution in [3.63, 3.8) is 0 Å². The minimum atomic E-state index is -3.51. The molecule has 0 bridgehead atoms. The topological polar surface area (TPSA) is 237 Å². The summed E-state index contributed by atoms with van der Waals surface area (Å²) in [6, 6.07) is 45.0. The Labute approximate surface area is 721 Å². The van der Waals surface area contributed by atoms with Crippen LogP contribution in [0.4, 0.5) is 0 Å². The van der Waals surface area contributed by atoms with Crippen LogP contribution in [0.3, 0.4) is 0 Å². The molecule has 0 aromatic heterocycles. The fraction of sp³-hybridized carbons (Fsp3) is 0.560. The maximum absolute atomic E-state index is 14.7. The van der Waals surface area contributed by atoms with Gasteiger partial charge in [-0.1, -0.05) is 271 Å². The van der Waals surface area contributed by atoms with E-state index < -0.39 is 70.3 Å². The number of carbonyl (C=O) groups is 6. The normalized spacial score (nSPS) is 17.0. The molecular weight excluding hydrogens is 1580 g/mol. The van der Waals surface area contributed by atoms with Crippen molar-refractivity contribution < 1.29 is 84.5 Å². The average Bonchev–Trinajstić information content (AvgIpc) is 0.764. The summed E-state index contributed by atoms with van der Waals surface area (Å²) in [6.07, 6.45) is 37.4. The van der Waals surface area contributed by atoms with E-state index >= 15 is 0 Å². The lowest BCUT2D eigenvalue weighted by atomic mass is 10.00. The highest BCUT2D eigenvalue weighted by Crippen LogP contribution is 2.58. The molecule has 121 heavy (non-hydrogen) atoms. The van der Waals surface area contributed by atoms with E-state index in [0.29, 0.717) is 90.9 Å². The van der Waals surface area contributed by atoms with Crippen molar-refractivity contribution in [1.29, 1.82) is 0 Å². The van der Waals surface area contributed by atoms with Gasteiger partial charge in [0.15, 0.2) is 6.10 Å². The molecule has 3 aliphatic rings. The standard InChI is InChI=1S/C100H137O18P3/c1-4-7-10-12-14-15-16-17-18-19-21-27-36-70-97(103)115-82(77-110-95(101)68-34-28-22-25-32-52-79(51-31-24-20-13-11-8-5-2)112-98(104)71-74-119(107)92-65-46-40-59-86(92)83-56-37-43-62-89(83)116-119)78-111-96(102)69-35-29-23-26-33-53-81(114-100(106)73-76-121(109)94-67-48-42-61-88(94)85-58-39-45-64-91(85)118-121)55-49-54-80(50-30-9-6-3)113-99(105)72-75-120(108)93-66-47-41-60-87(93)84-57-38-44-63-90(84)117-120/h15-16,37-48,56-67,79-82H,4-14,17-36,49-55,68-78H2,1-3H3. The molecule has 21 heteroatoms. The molecule has 0 aliphatic carbocycles. The fourth-order valence-corrected chi connectivity index (χ4v) is 23.2. The van der Waals surface area contributed by atoms with Gasteiger partial charge in [0.25, 0.3) is 22.1 Å². The number of unbranched alkanes of at least 4 members (excludes halogenated alkanes) is 25. The van der Waals surface area contributed by atoms with Crippen molar-refractivity contribution >= 4 is 73.8 Å². The minimum Gasteiger partial charge on any atom is -0.462 e. The molecule has 6 aromatic rings. The van der Waals surface area contributed by atoms with Crippen LogP contribution in [-0.4, -0.2) is 91.9 Å². The van der Waals surface area contributed by atoms with Gasteiger partial charge in [0, 0.05) is 54.4 Å². The molecular formula is C100H137O18P3. The molecule has 18 nitrogen and oxygen atoms in total. The third-order valence-electron chi connectivity index (χ3n) is 23.2. The molecule has 0 amide bonds. The van der Waals surface area contributed by atoms with E-state index in [1.54, 1.807) is 18.2 Å². The van der Waals surface area contributed by atoms with E-state index in [1.165, 1.54) is 51.4 Å². The lowest BCUT2D eigenvalue weighted by molar-refractivity contribution is -0.167. The summed E-state index contributed by atoms with van der Waals surface area (Å²) in [5.74, 6) is -1.01. The maximum atomic E-state index is 14.7. The lowest BCUT2D eigenvalue weighted by Gasteiger charge is -2.28. The first kappa shape index (κ1) is 96.8. The van der Waals surface area contributed by atoms with Gasteiger partial charge in [0.05, 0.1) is 35.2 Å². The van der Waals surface area contributed by atoms with E-state index in [4.69, 9.17) is 42.0 Å². The smallest absolute Gasteiger partial charge is 0.306 e. The number of benzene rings is 6. The Bertz CT molecular complexity index is 4340. The van der Waals surface area contributed by atoms with Gasteiger partial charge in [0.2, 0.25) is 0 Å². The summed E-state index contributed by atoms with van der Waals surface area (Å²) in [5.41, 5.74) is 5.11. The summed E-state index contributed by atoms with van der Waals surface area (Å²) >= 11 is 0. The molecule has 9 rings (SSSR count). The van der Waals surface area contributed by atoms with E-state index in [0.717, 1.165) is 168 Å². The number of esters is 6. The van der Waals surface area contributed by atoms with Crippen molar-refractivity contribution in [1.82, 2.24) is 0 Å². The van der Waals surface area contributed by atoms with Crippen molar-refractivity contribution in [2.75, 3.05) is 31.7 Å². The molecule has 3 heterocycles. The first-order chi connectivity index (χ1) is 59.0. The quantitative estimate of drug-likeness (QED) is 0.0113. The molecule has 0 N–H and O–H groups in total. The van der Waals surface area contributed by atoms with Gasteiger partial charge in [-0.2, -0.15) is 0 Å². The second kappa shape index (κ2) is 53.9. The first-order valence-corrected chi connectivity index (χ1v) is 51.6. The Morgan fingerprint density at radius 2 is 0.521 bits per heavy atom. The van der Waals surface area contributed by atoms with Gasteiger partial charge in [-0.25, -0.2) is 0 Å². The van der Waals surface area contributed by atoms with E-state index in [1.807, 2.05) is 127 Å². The van der Waals surface area contributed by atoms with Crippen molar-refractivity contribution in [2.45, 2.75) is 328 Å². The first-order valence-electron chi connectivity index (χ1n) is 46.2. The number of allylic oxidation sites excluding steroid dienone is 2. The summed E-state index contributed by atoms with van der Waals surface area (Å²) < 4.78 is 98.3. The van der Waals surface area contributed by atoms with Crippen molar-refractivity contribution in [2.24, 2.45) is 0 Å². The highest BCUT2D eigenvalue weighted by Gasteiger charge is 2.40. The summed E-state index contributed by atoms with van der Waals surface area (Å²) in [6.45, 7) is 6.06. The van der Waals surface area contributed by atoms with Crippen LogP contribution in [0.2, 0.25) is 0 Å². The number of para-hydroxylation sites is 3. The molecule has 3 aliphatic heterocycles. The van der Waals surface area contributed by atoms with Gasteiger partial charge in [-0.05, 0) is 169 Å². The van der Waals surface area contributed by atoms with Crippen LogP contribution in [0.5, 0.6) is 17.2 Å². The average molecular weight is 1720 g/mol. The fourth-order valence-electron chi connectivity index (χ4n) is 16.4. The monoisotopic (exact) mass is 1720 g/mol. The Kier molecular flexibility index (Phi) is 43.1. The number of carbonyl (C=O) groups excluding carboxylic acids is 6. The van der Waals surface area contributed by atoms with Crippen LogP contribution in [0.15, 0.2) is 158 Å². The van der Waals surface area contributed by atoms with Crippen LogP contribution in [0.25, 0.3) is 33.4 Å². The number of rotatable bonds is 62. The van der Waals surface area contributed by atoms with Crippen LogP contribution >= 0.6 is 22.1 Å². The Morgan fingerprint density at radius 3 is 0.876 bits per heavy atom. The third kappa shape index (κ3) is 33.2. The predicted molar refractivity (Wildman–Crippen MR) is 485 cm³/mol. The van der Waals surface area contributed by atoms with Gasteiger partial charge in [0.1, 0.15) is 48.8 Å². The Morgan fingerprint density at radius 1 is 0.273 bits per heavy atom. The second-order valence-corrected chi connectivity index (χ2v) is 40.5. The minimum absolute atomic E-state index is 0.00654. The van der Waals surface area contributed by atoms with E-state index in [-0.39, 0.29) is 82.3 Å². The van der Waals surface area contributed by atoms with Crippen LogP contribution in [-0.2, 0) is 70.9 Å². The molecule has 0 saturated carbocycles.